The Morgan fingerprint density at radius 1 is 1.67 bits per heavy atom. The fourth-order valence-corrected chi connectivity index (χ4v) is 1.05. The lowest BCUT2D eigenvalue weighted by Gasteiger charge is -1.96. The van der Waals surface area contributed by atoms with Crippen molar-refractivity contribution in [1.82, 2.24) is 9.97 Å². The second-order valence-electron chi connectivity index (χ2n) is 2.03. The third kappa shape index (κ3) is 2.46. The van der Waals surface area contributed by atoms with Crippen LogP contribution in [0.3, 0.4) is 0 Å². The van der Waals surface area contributed by atoms with Crippen LogP contribution in [0.1, 0.15) is 5.56 Å². The number of nitrogens with zero attached hydrogens (tertiary/aromatic N) is 2. The summed E-state index contributed by atoms with van der Waals surface area (Å²) < 4.78 is 0. The summed E-state index contributed by atoms with van der Waals surface area (Å²) >= 11 is 9.02. The zero-order valence-corrected chi connectivity index (χ0v) is 8.51. The van der Waals surface area contributed by atoms with Gasteiger partial charge in [0.2, 0.25) is 5.95 Å². The molecule has 2 N–H and O–H groups in total. The van der Waals surface area contributed by atoms with Crippen LogP contribution in [0.25, 0.3) is 6.08 Å². The summed E-state index contributed by atoms with van der Waals surface area (Å²) in [6.45, 7) is 0. The van der Waals surface area contributed by atoms with Gasteiger partial charge in [-0.15, -0.1) is 0 Å². The highest BCUT2D eigenvalue weighted by Gasteiger charge is 1.98. The lowest BCUT2D eigenvalue weighted by molar-refractivity contribution is 1.18. The molecule has 12 heavy (non-hydrogen) atoms. The molecule has 1 aromatic rings. The number of allylic oxidation sites excluding steroid dienone is 1. The number of nitrogen functional groups attached to an aromatic ring is 1. The first kappa shape index (κ1) is 9.48. The van der Waals surface area contributed by atoms with Gasteiger partial charge in [0.25, 0.3) is 0 Å². The van der Waals surface area contributed by atoms with Crippen LogP contribution >= 0.6 is 27.5 Å². The number of rotatable bonds is 2. The van der Waals surface area contributed by atoms with Crippen LogP contribution in [0.2, 0.25) is 5.15 Å². The smallest absolute Gasteiger partial charge is 0.221 e. The van der Waals surface area contributed by atoms with Gasteiger partial charge in [0, 0.05) is 17.1 Å². The fraction of sp³-hybridized carbons (Fsp3) is 0.143. The first-order valence-electron chi connectivity index (χ1n) is 3.24. The molecule has 3 nitrogen and oxygen atoms in total. The van der Waals surface area contributed by atoms with Crippen molar-refractivity contribution in [1.29, 1.82) is 0 Å². The normalized spacial score (nSPS) is 10.8. The van der Waals surface area contributed by atoms with E-state index in [0.29, 0.717) is 5.15 Å². The number of halogens is 2. The van der Waals surface area contributed by atoms with E-state index in [4.69, 9.17) is 17.3 Å². The van der Waals surface area contributed by atoms with Crippen molar-refractivity contribution in [3.8, 4) is 0 Å². The third-order valence-electron chi connectivity index (χ3n) is 1.17. The molecular formula is C7H7BrClN3. The van der Waals surface area contributed by atoms with Crippen molar-refractivity contribution in [2.24, 2.45) is 0 Å². The molecule has 5 heteroatoms. The number of hydrogen-bond acceptors (Lipinski definition) is 3. The van der Waals surface area contributed by atoms with Gasteiger partial charge in [0.1, 0.15) is 5.15 Å². The summed E-state index contributed by atoms with van der Waals surface area (Å²) in [6.07, 6.45) is 5.32. The van der Waals surface area contributed by atoms with Crippen LogP contribution < -0.4 is 5.73 Å². The first-order valence-corrected chi connectivity index (χ1v) is 4.74. The quantitative estimate of drug-likeness (QED) is 0.644. The van der Waals surface area contributed by atoms with Gasteiger partial charge < -0.3 is 5.73 Å². The van der Waals surface area contributed by atoms with E-state index in [1.807, 2.05) is 12.2 Å². The number of aromatic nitrogens is 2. The third-order valence-corrected chi connectivity index (χ3v) is 1.85. The molecule has 1 heterocycles. The van der Waals surface area contributed by atoms with E-state index in [-0.39, 0.29) is 5.95 Å². The van der Waals surface area contributed by atoms with Crippen LogP contribution in [0.5, 0.6) is 0 Å². The summed E-state index contributed by atoms with van der Waals surface area (Å²) in [7, 11) is 0. The lowest BCUT2D eigenvalue weighted by atomic mass is 10.3. The number of nitrogens with two attached hydrogens (primary N) is 1. The first-order chi connectivity index (χ1) is 5.74. The maximum atomic E-state index is 5.77. The molecule has 0 fully saturated rings. The summed E-state index contributed by atoms with van der Waals surface area (Å²) in [5.74, 6) is 0.191. The lowest BCUT2D eigenvalue weighted by Crippen LogP contribution is -1.95. The van der Waals surface area contributed by atoms with E-state index in [1.54, 1.807) is 6.20 Å². The van der Waals surface area contributed by atoms with Crippen LogP contribution in [-0.4, -0.2) is 15.3 Å². The molecule has 0 spiro atoms. The molecule has 0 bridgehead atoms. The Labute approximate surface area is 83.8 Å². The van der Waals surface area contributed by atoms with Crippen molar-refractivity contribution in [3.05, 3.63) is 23.0 Å². The van der Waals surface area contributed by atoms with E-state index in [0.717, 1.165) is 10.9 Å². The SMILES string of the molecule is Nc1ncc(C=CCBr)c(Cl)n1. The zero-order chi connectivity index (χ0) is 8.97. The minimum absolute atomic E-state index is 0.191. The fourth-order valence-electron chi connectivity index (χ4n) is 0.666. The Balaban J connectivity index is 2.94. The largest absolute Gasteiger partial charge is 0.368 e. The summed E-state index contributed by atoms with van der Waals surface area (Å²) in [5.41, 5.74) is 6.08. The number of anilines is 1. The van der Waals surface area contributed by atoms with E-state index in [2.05, 4.69) is 25.9 Å². The Bertz CT molecular complexity index is 301. The summed E-state index contributed by atoms with van der Waals surface area (Å²) in [4.78, 5) is 7.60. The maximum Gasteiger partial charge on any atom is 0.221 e. The molecule has 0 aliphatic heterocycles. The number of alkyl halides is 1. The Morgan fingerprint density at radius 3 is 3.00 bits per heavy atom. The monoisotopic (exact) mass is 247 g/mol. The molecule has 0 radical (unpaired) electrons. The van der Waals surface area contributed by atoms with Gasteiger partial charge in [-0.25, -0.2) is 9.97 Å². The van der Waals surface area contributed by atoms with Gasteiger partial charge >= 0.3 is 0 Å². The second-order valence-corrected chi connectivity index (χ2v) is 3.04. The molecule has 0 unspecified atom stereocenters. The highest BCUT2D eigenvalue weighted by molar-refractivity contribution is 9.09. The highest BCUT2D eigenvalue weighted by Crippen LogP contribution is 2.14. The Morgan fingerprint density at radius 2 is 2.42 bits per heavy atom. The van der Waals surface area contributed by atoms with E-state index < -0.39 is 0 Å². The average Bonchev–Trinajstić information content (AvgIpc) is 2.03. The molecule has 0 aromatic carbocycles. The van der Waals surface area contributed by atoms with Gasteiger partial charge in [0.15, 0.2) is 0 Å². The van der Waals surface area contributed by atoms with Gasteiger partial charge in [-0.2, -0.15) is 0 Å². The molecule has 0 aliphatic rings. The second kappa shape index (κ2) is 4.42. The van der Waals surface area contributed by atoms with Crippen molar-refractivity contribution < 1.29 is 0 Å². The minimum Gasteiger partial charge on any atom is -0.368 e. The van der Waals surface area contributed by atoms with Crippen LogP contribution in [0, 0.1) is 0 Å². The summed E-state index contributed by atoms with van der Waals surface area (Å²) in [6, 6.07) is 0. The topological polar surface area (TPSA) is 51.8 Å². The molecule has 1 aromatic heterocycles. The molecule has 0 saturated carbocycles. The van der Waals surface area contributed by atoms with Gasteiger partial charge in [-0.3, -0.25) is 0 Å². The maximum absolute atomic E-state index is 5.77. The predicted octanol–water partition coefficient (Wildman–Crippen LogP) is 2.12. The Hall–Kier alpha value is -0.610. The molecule has 0 atom stereocenters. The molecule has 1 rings (SSSR count). The number of hydrogen-bond donors (Lipinski definition) is 1. The standard InChI is InChI=1S/C7H7BrClN3/c8-3-1-2-5-4-11-7(10)12-6(5)9/h1-2,4H,3H2,(H2,10,11,12). The van der Waals surface area contributed by atoms with Gasteiger partial charge in [-0.05, 0) is 0 Å². The van der Waals surface area contributed by atoms with Gasteiger partial charge in [-0.1, -0.05) is 39.7 Å². The van der Waals surface area contributed by atoms with Crippen LogP contribution in [0.15, 0.2) is 12.3 Å². The molecular weight excluding hydrogens is 241 g/mol. The molecule has 0 aliphatic carbocycles. The predicted molar refractivity (Wildman–Crippen MR) is 54.3 cm³/mol. The van der Waals surface area contributed by atoms with E-state index in [1.165, 1.54) is 0 Å². The van der Waals surface area contributed by atoms with Crippen LogP contribution in [0.4, 0.5) is 5.95 Å². The van der Waals surface area contributed by atoms with E-state index in [9.17, 15) is 0 Å². The zero-order valence-electron chi connectivity index (χ0n) is 6.17. The Kier molecular flexibility index (Phi) is 3.49. The van der Waals surface area contributed by atoms with Crippen LogP contribution in [-0.2, 0) is 0 Å². The average molecular weight is 249 g/mol. The molecule has 64 valence electrons. The van der Waals surface area contributed by atoms with Crippen molar-refractivity contribution >= 4 is 39.6 Å². The van der Waals surface area contributed by atoms with Crippen molar-refractivity contribution in [3.63, 3.8) is 0 Å². The minimum atomic E-state index is 0.191. The summed E-state index contributed by atoms with van der Waals surface area (Å²) in [5, 5.41) is 1.15. The molecule has 0 amide bonds. The van der Waals surface area contributed by atoms with Gasteiger partial charge in [0.05, 0.1) is 0 Å². The van der Waals surface area contributed by atoms with Crippen molar-refractivity contribution in [2.75, 3.05) is 11.1 Å². The van der Waals surface area contributed by atoms with Crippen molar-refractivity contribution in [2.45, 2.75) is 0 Å². The highest BCUT2D eigenvalue weighted by atomic mass is 79.9. The van der Waals surface area contributed by atoms with E-state index >= 15 is 0 Å². The molecule has 0 saturated heterocycles.